The predicted molar refractivity (Wildman–Crippen MR) is 146 cm³/mol. The fourth-order valence-corrected chi connectivity index (χ4v) is 6.61. The molecule has 1 aliphatic heterocycles. The third kappa shape index (κ3) is 5.13. The summed E-state index contributed by atoms with van der Waals surface area (Å²) in [5, 5.41) is 11.0. The Hall–Kier alpha value is -3.06. The molecule has 3 aliphatic rings. The lowest BCUT2D eigenvalue weighted by molar-refractivity contribution is -0.255. The van der Waals surface area contributed by atoms with E-state index in [-0.39, 0.29) is 40.5 Å². The lowest BCUT2D eigenvalue weighted by Gasteiger charge is -2.44. The van der Waals surface area contributed by atoms with Crippen molar-refractivity contribution in [2.24, 2.45) is 21.7 Å². The summed E-state index contributed by atoms with van der Waals surface area (Å²) in [4.78, 5) is 43.0. The molecule has 2 atom stereocenters. The van der Waals surface area contributed by atoms with Crippen molar-refractivity contribution >= 4 is 39.2 Å². The molecule has 2 unspecified atom stereocenters. The van der Waals surface area contributed by atoms with Crippen molar-refractivity contribution < 1.29 is 24.2 Å². The van der Waals surface area contributed by atoms with E-state index in [0.29, 0.717) is 30.6 Å². The third-order valence-corrected chi connectivity index (χ3v) is 8.36. The Morgan fingerprint density at radius 1 is 0.974 bits per heavy atom. The molecule has 1 fully saturated rings. The van der Waals surface area contributed by atoms with E-state index < -0.39 is 11.9 Å². The highest BCUT2D eigenvalue weighted by Crippen LogP contribution is 2.52. The first-order chi connectivity index (χ1) is 17.8. The van der Waals surface area contributed by atoms with E-state index in [1.165, 1.54) is 12.1 Å². The van der Waals surface area contributed by atoms with Crippen molar-refractivity contribution in [1.29, 1.82) is 0 Å². The van der Waals surface area contributed by atoms with E-state index in [1.54, 1.807) is 12.1 Å². The number of benzene rings is 2. The minimum absolute atomic E-state index is 0.0816. The number of hydrogen-bond acceptors (Lipinski definition) is 6. The highest BCUT2D eigenvalue weighted by molar-refractivity contribution is 9.10. The lowest BCUT2D eigenvalue weighted by Crippen LogP contribution is -2.45. The summed E-state index contributed by atoms with van der Waals surface area (Å²) < 4.78 is 6.72. The summed E-state index contributed by atoms with van der Waals surface area (Å²) >= 11 is 3.63. The van der Waals surface area contributed by atoms with E-state index in [4.69, 9.17) is 9.73 Å². The number of halogens is 1. The minimum Gasteiger partial charge on any atom is -0.545 e. The molecule has 5 rings (SSSR count). The van der Waals surface area contributed by atoms with Crippen LogP contribution in [0.25, 0.3) is 0 Å². The largest absolute Gasteiger partial charge is 0.545 e. The molecule has 38 heavy (non-hydrogen) atoms. The van der Waals surface area contributed by atoms with E-state index in [1.807, 2.05) is 18.2 Å². The van der Waals surface area contributed by atoms with Gasteiger partial charge in [0, 0.05) is 35.7 Å². The quantitative estimate of drug-likeness (QED) is 0.463. The summed E-state index contributed by atoms with van der Waals surface area (Å²) in [6, 6.07) is 12.1. The smallest absolute Gasteiger partial charge is 0.161 e. The zero-order valence-electron chi connectivity index (χ0n) is 22.1. The van der Waals surface area contributed by atoms with Gasteiger partial charge in [0.2, 0.25) is 0 Å². The molecule has 0 radical (unpaired) electrons. The first-order valence-corrected chi connectivity index (χ1v) is 13.7. The van der Waals surface area contributed by atoms with Crippen LogP contribution in [0, 0.1) is 16.7 Å². The van der Waals surface area contributed by atoms with Crippen LogP contribution >= 0.6 is 15.9 Å². The maximum Gasteiger partial charge on any atom is 0.161 e. The van der Waals surface area contributed by atoms with Gasteiger partial charge < -0.3 is 14.6 Å². The number of allylic oxidation sites excluding steroid dienone is 2. The number of carboxylic acid groups (broad SMARTS) is 1. The first-order valence-electron chi connectivity index (χ1n) is 12.9. The van der Waals surface area contributed by atoms with Crippen LogP contribution in [-0.2, 0) is 16.2 Å². The number of aromatic carboxylic acids is 1. The minimum atomic E-state index is -1.22. The van der Waals surface area contributed by atoms with Crippen molar-refractivity contribution in [3.63, 3.8) is 0 Å². The molecule has 198 valence electrons. The number of carbonyl (C=O) groups excluding carboxylic acids is 3. The standard InChI is InChI=1S/C31H32BrNO5/c1-30(2)12-21-27(23(34)14-30)26(28-22(33-21)13-31(3,4)15-24(28)35)19-9-10-25(20(32)11-19)38-16-17-5-7-18(8-6-17)29(36)37/h5-11,26-27H,12-16H2,1-4H3,(H,36,37)/p-1. The Morgan fingerprint density at radius 3 is 2.32 bits per heavy atom. The Morgan fingerprint density at radius 2 is 1.66 bits per heavy atom. The molecular weight excluding hydrogens is 546 g/mol. The molecule has 0 saturated heterocycles. The molecule has 1 saturated carbocycles. The monoisotopic (exact) mass is 576 g/mol. The molecule has 7 heteroatoms. The van der Waals surface area contributed by atoms with Crippen molar-refractivity contribution in [2.45, 2.75) is 65.9 Å². The number of carboxylic acids is 1. The van der Waals surface area contributed by atoms with Gasteiger partial charge in [-0.05, 0) is 68.4 Å². The van der Waals surface area contributed by atoms with Crippen molar-refractivity contribution in [3.8, 4) is 5.75 Å². The molecule has 0 N–H and O–H groups in total. The predicted octanol–water partition coefficient (Wildman–Crippen LogP) is 5.58. The molecular formula is C31H31BrNO5-. The second-order valence-electron chi connectivity index (χ2n) is 12.3. The summed E-state index contributed by atoms with van der Waals surface area (Å²) in [6.07, 6.45) is 2.37. The zero-order valence-corrected chi connectivity index (χ0v) is 23.7. The van der Waals surface area contributed by atoms with Crippen molar-refractivity contribution in [2.75, 3.05) is 0 Å². The van der Waals surface area contributed by atoms with Gasteiger partial charge in [0.25, 0.3) is 0 Å². The summed E-state index contributed by atoms with van der Waals surface area (Å²) in [5.74, 6) is -1.15. The number of hydrogen-bond donors (Lipinski definition) is 0. The number of fused-ring (bicyclic) bond motifs is 1. The number of rotatable bonds is 5. The zero-order chi connectivity index (χ0) is 27.4. The van der Waals surface area contributed by atoms with Gasteiger partial charge in [0.05, 0.1) is 16.4 Å². The Bertz CT molecular complexity index is 1400. The van der Waals surface area contributed by atoms with E-state index >= 15 is 0 Å². The maximum absolute atomic E-state index is 13.5. The van der Waals surface area contributed by atoms with Crippen LogP contribution in [-0.4, -0.2) is 23.2 Å². The van der Waals surface area contributed by atoms with Gasteiger partial charge in [-0.3, -0.25) is 14.6 Å². The average Bonchev–Trinajstić information content (AvgIpc) is 2.80. The van der Waals surface area contributed by atoms with Gasteiger partial charge in [-0.15, -0.1) is 0 Å². The molecule has 6 nitrogen and oxygen atoms in total. The Kier molecular flexibility index (Phi) is 6.70. The van der Waals surface area contributed by atoms with Crippen molar-refractivity contribution in [3.05, 3.63) is 74.9 Å². The fraction of sp³-hybridized carbons (Fsp3) is 0.419. The Labute approximate surface area is 231 Å². The molecule has 1 heterocycles. The van der Waals surface area contributed by atoms with Crippen LogP contribution in [0.5, 0.6) is 5.75 Å². The molecule has 2 aromatic carbocycles. The number of carbonyl (C=O) groups is 3. The van der Waals surface area contributed by atoms with Gasteiger partial charge in [0.15, 0.2) is 5.78 Å². The molecule has 2 aromatic rings. The Balaban J connectivity index is 1.47. The van der Waals surface area contributed by atoms with Crippen molar-refractivity contribution in [1.82, 2.24) is 0 Å². The highest BCUT2D eigenvalue weighted by Gasteiger charge is 2.49. The molecule has 0 aromatic heterocycles. The lowest BCUT2D eigenvalue weighted by atomic mass is 9.60. The normalized spacial score (nSPS) is 23.9. The van der Waals surface area contributed by atoms with E-state index in [2.05, 4.69) is 43.6 Å². The van der Waals surface area contributed by atoms with Crippen LogP contribution in [0.4, 0.5) is 0 Å². The van der Waals surface area contributed by atoms with E-state index in [9.17, 15) is 19.5 Å². The molecule has 0 amide bonds. The van der Waals surface area contributed by atoms with Crippen LogP contribution in [0.15, 0.2) is 63.2 Å². The molecule has 0 bridgehead atoms. The summed E-state index contributed by atoms with van der Waals surface area (Å²) in [6.45, 7) is 8.66. The van der Waals surface area contributed by atoms with Gasteiger partial charge >= 0.3 is 0 Å². The van der Waals surface area contributed by atoms with Gasteiger partial charge in [-0.25, -0.2) is 0 Å². The maximum atomic E-state index is 13.5. The second-order valence-corrected chi connectivity index (χ2v) is 13.2. The number of aliphatic imine (C=N–C) groups is 1. The summed E-state index contributed by atoms with van der Waals surface area (Å²) in [5.41, 5.74) is 3.95. The summed E-state index contributed by atoms with van der Waals surface area (Å²) in [7, 11) is 0. The van der Waals surface area contributed by atoms with E-state index in [0.717, 1.165) is 33.4 Å². The number of Topliss-reactive ketones (excluding diaryl/α,β-unsaturated/α-hetero) is 2. The average molecular weight is 577 g/mol. The first kappa shape index (κ1) is 26.5. The highest BCUT2D eigenvalue weighted by atomic mass is 79.9. The fourth-order valence-electron chi connectivity index (χ4n) is 6.10. The van der Waals surface area contributed by atoms with Gasteiger partial charge in [0.1, 0.15) is 18.1 Å². The van der Waals surface area contributed by atoms with Crippen LogP contribution in [0.3, 0.4) is 0 Å². The van der Waals surface area contributed by atoms with Gasteiger partial charge in [-0.2, -0.15) is 0 Å². The molecule has 0 spiro atoms. The number of ether oxygens (including phenoxy) is 1. The van der Waals surface area contributed by atoms with Crippen LogP contribution in [0.2, 0.25) is 0 Å². The molecule has 2 aliphatic carbocycles. The van der Waals surface area contributed by atoms with Crippen LogP contribution < -0.4 is 9.84 Å². The van der Waals surface area contributed by atoms with Crippen LogP contribution in [0.1, 0.15) is 80.8 Å². The SMILES string of the molecule is CC1(C)CC(=O)C2C(=NC3=C(C(=O)CC(C)(C)C3)C2c2ccc(OCc3ccc(C(=O)[O-])cc3)c(Br)c2)C1. The second kappa shape index (κ2) is 9.60. The third-order valence-electron chi connectivity index (χ3n) is 7.74. The van der Waals surface area contributed by atoms with Gasteiger partial charge in [-0.1, -0.05) is 58.0 Å². The number of nitrogens with zero attached hydrogens (tertiary/aromatic N) is 1. The topological polar surface area (TPSA) is 95.9 Å². The number of ketones is 2.